The van der Waals surface area contributed by atoms with E-state index in [2.05, 4.69) is 5.32 Å². The predicted octanol–water partition coefficient (Wildman–Crippen LogP) is 2.06. The first-order valence-corrected chi connectivity index (χ1v) is 4.93. The Morgan fingerprint density at radius 3 is 2.47 bits per heavy atom. The molecule has 82 valence electrons. The summed E-state index contributed by atoms with van der Waals surface area (Å²) in [6.07, 6.45) is 1.73. The first kappa shape index (κ1) is 11.4. The number of phenolic OH excluding ortho intramolecular Hbond substituents is 1. The fraction of sp³-hybridized carbons (Fsp3) is 0.364. The third-order valence-electron chi connectivity index (χ3n) is 2.01. The van der Waals surface area contributed by atoms with Crippen molar-refractivity contribution in [2.75, 3.05) is 11.9 Å². The van der Waals surface area contributed by atoms with E-state index >= 15 is 0 Å². The van der Waals surface area contributed by atoms with Crippen molar-refractivity contribution in [3.63, 3.8) is 0 Å². The van der Waals surface area contributed by atoms with E-state index in [9.17, 15) is 4.79 Å². The largest absolute Gasteiger partial charge is 0.508 e. The van der Waals surface area contributed by atoms with Gasteiger partial charge in [-0.25, -0.2) is 0 Å². The van der Waals surface area contributed by atoms with Gasteiger partial charge in [0.25, 0.3) is 0 Å². The molecule has 4 heteroatoms. The van der Waals surface area contributed by atoms with E-state index in [1.807, 2.05) is 0 Å². The maximum absolute atomic E-state index is 10.2. The number of unbranched alkanes of at least 4 members (excludes halogenated alkanes) is 1. The van der Waals surface area contributed by atoms with Crippen molar-refractivity contribution in [2.24, 2.45) is 0 Å². The van der Waals surface area contributed by atoms with Crippen LogP contribution in [0.3, 0.4) is 0 Å². The Morgan fingerprint density at radius 2 is 1.87 bits per heavy atom. The number of phenols is 1. The molecule has 0 aromatic heterocycles. The number of rotatable bonds is 6. The second-order valence-corrected chi connectivity index (χ2v) is 3.32. The number of hydrogen-bond acceptors (Lipinski definition) is 3. The summed E-state index contributed by atoms with van der Waals surface area (Å²) in [7, 11) is 0. The molecule has 0 aliphatic carbocycles. The molecule has 0 bridgehead atoms. The summed E-state index contributed by atoms with van der Waals surface area (Å²) in [5.41, 5.74) is 0.933. The highest BCUT2D eigenvalue weighted by Crippen LogP contribution is 2.13. The SMILES string of the molecule is O=C(O)CCCCNc1ccc(O)cc1. The third kappa shape index (κ3) is 4.90. The van der Waals surface area contributed by atoms with E-state index in [0.29, 0.717) is 6.42 Å². The number of carbonyl (C=O) groups is 1. The number of aliphatic carboxylic acids is 1. The smallest absolute Gasteiger partial charge is 0.303 e. The molecule has 0 spiro atoms. The van der Waals surface area contributed by atoms with Crippen LogP contribution in [0.15, 0.2) is 24.3 Å². The first-order chi connectivity index (χ1) is 7.18. The van der Waals surface area contributed by atoms with Gasteiger partial charge in [-0.1, -0.05) is 0 Å². The van der Waals surface area contributed by atoms with Crippen LogP contribution in [0.4, 0.5) is 5.69 Å². The van der Waals surface area contributed by atoms with Crippen molar-refractivity contribution in [1.82, 2.24) is 0 Å². The maximum atomic E-state index is 10.2. The van der Waals surface area contributed by atoms with Crippen LogP contribution in [0.25, 0.3) is 0 Å². The van der Waals surface area contributed by atoms with Crippen molar-refractivity contribution in [2.45, 2.75) is 19.3 Å². The number of hydrogen-bond donors (Lipinski definition) is 3. The van der Waals surface area contributed by atoms with E-state index in [1.165, 1.54) is 0 Å². The van der Waals surface area contributed by atoms with Gasteiger partial charge >= 0.3 is 5.97 Å². The Bertz CT molecular complexity index is 308. The molecule has 0 atom stereocenters. The van der Waals surface area contributed by atoms with Crippen molar-refractivity contribution >= 4 is 11.7 Å². The summed E-state index contributed by atoms with van der Waals surface area (Å²) in [6, 6.07) is 6.79. The topological polar surface area (TPSA) is 69.6 Å². The fourth-order valence-electron chi connectivity index (χ4n) is 1.21. The van der Waals surface area contributed by atoms with Gasteiger partial charge in [0.15, 0.2) is 0 Å². The van der Waals surface area contributed by atoms with Crippen molar-refractivity contribution in [1.29, 1.82) is 0 Å². The molecule has 0 aliphatic rings. The third-order valence-corrected chi connectivity index (χ3v) is 2.01. The highest BCUT2D eigenvalue weighted by Gasteiger charge is 1.96. The lowest BCUT2D eigenvalue weighted by Crippen LogP contribution is -2.02. The number of carboxylic acid groups (broad SMARTS) is 1. The molecule has 0 amide bonds. The van der Waals surface area contributed by atoms with Crippen LogP contribution in [-0.2, 0) is 4.79 Å². The van der Waals surface area contributed by atoms with E-state index in [0.717, 1.165) is 18.7 Å². The lowest BCUT2D eigenvalue weighted by Gasteiger charge is -2.05. The maximum Gasteiger partial charge on any atom is 0.303 e. The molecule has 1 aromatic rings. The monoisotopic (exact) mass is 209 g/mol. The summed E-state index contributed by atoms with van der Waals surface area (Å²) in [5, 5.41) is 20.6. The molecular weight excluding hydrogens is 194 g/mol. The second kappa shape index (κ2) is 5.90. The van der Waals surface area contributed by atoms with Crippen LogP contribution in [0, 0.1) is 0 Å². The molecule has 0 fully saturated rings. The molecule has 4 nitrogen and oxygen atoms in total. The molecule has 1 aromatic carbocycles. The van der Waals surface area contributed by atoms with Crippen LogP contribution < -0.4 is 5.32 Å². The van der Waals surface area contributed by atoms with Crippen LogP contribution in [0.5, 0.6) is 5.75 Å². The molecule has 1 rings (SSSR count). The van der Waals surface area contributed by atoms with Gasteiger partial charge in [-0.15, -0.1) is 0 Å². The van der Waals surface area contributed by atoms with Gasteiger partial charge in [0, 0.05) is 18.7 Å². The summed E-state index contributed by atoms with van der Waals surface area (Å²) in [4.78, 5) is 10.2. The molecule has 0 heterocycles. The van der Waals surface area contributed by atoms with E-state index in [4.69, 9.17) is 10.2 Å². The molecule has 0 unspecified atom stereocenters. The molecule has 15 heavy (non-hydrogen) atoms. The Labute approximate surface area is 88.6 Å². The van der Waals surface area contributed by atoms with Gasteiger partial charge in [-0.3, -0.25) is 4.79 Å². The Balaban J connectivity index is 2.15. The molecule has 3 N–H and O–H groups in total. The van der Waals surface area contributed by atoms with Crippen LogP contribution in [0.1, 0.15) is 19.3 Å². The number of benzene rings is 1. The minimum Gasteiger partial charge on any atom is -0.508 e. The predicted molar refractivity (Wildman–Crippen MR) is 58.1 cm³/mol. The molecule has 0 saturated carbocycles. The average molecular weight is 209 g/mol. The summed E-state index contributed by atoms with van der Waals surface area (Å²) >= 11 is 0. The van der Waals surface area contributed by atoms with Crippen LogP contribution in [-0.4, -0.2) is 22.7 Å². The summed E-state index contributed by atoms with van der Waals surface area (Å²) in [5.74, 6) is -0.508. The standard InChI is InChI=1S/C11H15NO3/c13-10-6-4-9(5-7-10)12-8-2-1-3-11(14)15/h4-7,12-13H,1-3,8H2,(H,14,15). The second-order valence-electron chi connectivity index (χ2n) is 3.32. The highest BCUT2D eigenvalue weighted by atomic mass is 16.4. The fourth-order valence-corrected chi connectivity index (χ4v) is 1.21. The van der Waals surface area contributed by atoms with E-state index < -0.39 is 5.97 Å². The van der Waals surface area contributed by atoms with Gasteiger partial charge < -0.3 is 15.5 Å². The quantitative estimate of drug-likeness (QED) is 0.495. The van der Waals surface area contributed by atoms with E-state index in [-0.39, 0.29) is 12.2 Å². The molecular formula is C11H15NO3. The molecule has 0 saturated heterocycles. The highest BCUT2D eigenvalue weighted by molar-refractivity contribution is 5.66. The lowest BCUT2D eigenvalue weighted by atomic mass is 10.2. The van der Waals surface area contributed by atoms with E-state index in [1.54, 1.807) is 24.3 Å². The Kier molecular flexibility index (Phi) is 4.47. The minimum atomic E-state index is -0.750. The zero-order chi connectivity index (χ0) is 11.1. The lowest BCUT2D eigenvalue weighted by molar-refractivity contribution is -0.137. The number of carboxylic acids is 1. The molecule has 0 radical (unpaired) electrons. The first-order valence-electron chi connectivity index (χ1n) is 4.93. The number of aromatic hydroxyl groups is 1. The Hall–Kier alpha value is -1.71. The van der Waals surface area contributed by atoms with Crippen molar-refractivity contribution in [3.8, 4) is 5.75 Å². The minimum absolute atomic E-state index is 0.220. The van der Waals surface area contributed by atoms with Crippen molar-refractivity contribution < 1.29 is 15.0 Å². The van der Waals surface area contributed by atoms with Gasteiger partial charge in [-0.05, 0) is 37.1 Å². The number of nitrogens with one attached hydrogen (secondary N) is 1. The Morgan fingerprint density at radius 1 is 1.20 bits per heavy atom. The number of anilines is 1. The van der Waals surface area contributed by atoms with Crippen molar-refractivity contribution in [3.05, 3.63) is 24.3 Å². The zero-order valence-corrected chi connectivity index (χ0v) is 8.44. The summed E-state index contributed by atoms with van der Waals surface area (Å²) < 4.78 is 0. The van der Waals surface area contributed by atoms with Crippen LogP contribution in [0.2, 0.25) is 0 Å². The van der Waals surface area contributed by atoms with Gasteiger partial charge in [0.1, 0.15) is 5.75 Å². The normalized spacial score (nSPS) is 9.87. The van der Waals surface area contributed by atoms with Gasteiger partial charge in [-0.2, -0.15) is 0 Å². The zero-order valence-electron chi connectivity index (χ0n) is 8.44. The van der Waals surface area contributed by atoms with Crippen LogP contribution >= 0.6 is 0 Å². The summed E-state index contributed by atoms with van der Waals surface area (Å²) in [6.45, 7) is 0.748. The molecule has 0 aliphatic heterocycles. The van der Waals surface area contributed by atoms with Gasteiger partial charge in [0.05, 0.1) is 0 Å². The van der Waals surface area contributed by atoms with Gasteiger partial charge in [0.2, 0.25) is 0 Å². The average Bonchev–Trinajstić information content (AvgIpc) is 2.20.